The quantitative estimate of drug-likeness (QED) is 0.796. The zero-order valence-corrected chi connectivity index (χ0v) is 12.5. The summed E-state index contributed by atoms with van der Waals surface area (Å²) < 4.78 is 16.2. The Morgan fingerprint density at radius 2 is 1.73 bits per heavy atom. The molecule has 0 bridgehead atoms. The molecular formula is C17H18O5. The number of rotatable bonds is 7. The van der Waals surface area contributed by atoms with Crippen LogP contribution in [0.5, 0.6) is 17.2 Å². The summed E-state index contributed by atoms with van der Waals surface area (Å²) >= 11 is 0. The van der Waals surface area contributed by atoms with Crippen molar-refractivity contribution >= 4 is 5.97 Å². The first kappa shape index (κ1) is 15.7. The minimum atomic E-state index is -1.06. The summed E-state index contributed by atoms with van der Waals surface area (Å²) in [5.74, 6) is 0.279. The zero-order valence-electron chi connectivity index (χ0n) is 12.5. The Labute approximate surface area is 129 Å². The molecular weight excluding hydrogens is 284 g/mol. The van der Waals surface area contributed by atoms with E-state index in [0.29, 0.717) is 12.4 Å². The van der Waals surface area contributed by atoms with Gasteiger partial charge in [-0.2, -0.15) is 0 Å². The first-order valence-corrected chi connectivity index (χ1v) is 6.84. The van der Waals surface area contributed by atoms with Crippen molar-refractivity contribution in [2.24, 2.45) is 0 Å². The SMILES string of the molecule is COc1cccc(C(=O)O)c1OCCOc1ccc(C)cc1. The summed E-state index contributed by atoms with van der Waals surface area (Å²) in [4.78, 5) is 11.2. The van der Waals surface area contributed by atoms with E-state index in [4.69, 9.17) is 14.2 Å². The van der Waals surface area contributed by atoms with Gasteiger partial charge in [0.2, 0.25) is 0 Å². The van der Waals surface area contributed by atoms with E-state index in [0.717, 1.165) is 11.3 Å². The van der Waals surface area contributed by atoms with Gasteiger partial charge in [0.15, 0.2) is 11.5 Å². The molecule has 0 atom stereocenters. The lowest BCUT2D eigenvalue weighted by molar-refractivity contribution is 0.0690. The molecule has 1 N–H and O–H groups in total. The second-order valence-corrected chi connectivity index (χ2v) is 4.65. The third-order valence-electron chi connectivity index (χ3n) is 3.05. The number of benzene rings is 2. The number of aromatic carboxylic acids is 1. The monoisotopic (exact) mass is 302 g/mol. The molecule has 0 aliphatic carbocycles. The molecule has 0 fully saturated rings. The van der Waals surface area contributed by atoms with Crippen LogP contribution < -0.4 is 14.2 Å². The molecule has 0 aliphatic heterocycles. The molecule has 2 aromatic carbocycles. The molecule has 0 aliphatic rings. The van der Waals surface area contributed by atoms with E-state index in [-0.39, 0.29) is 17.9 Å². The number of carboxylic acids is 1. The fourth-order valence-corrected chi connectivity index (χ4v) is 1.93. The van der Waals surface area contributed by atoms with E-state index in [9.17, 15) is 9.90 Å². The first-order valence-electron chi connectivity index (χ1n) is 6.84. The predicted octanol–water partition coefficient (Wildman–Crippen LogP) is 3.16. The Hall–Kier alpha value is -2.69. The fraction of sp³-hybridized carbons (Fsp3) is 0.235. The van der Waals surface area contributed by atoms with Crippen LogP contribution in [-0.2, 0) is 0 Å². The van der Waals surface area contributed by atoms with Gasteiger partial charge in [0.1, 0.15) is 24.5 Å². The van der Waals surface area contributed by atoms with E-state index in [1.165, 1.54) is 13.2 Å². The second-order valence-electron chi connectivity index (χ2n) is 4.65. The van der Waals surface area contributed by atoms with Crippen LogP contribution in [-0.4, -0.2) is 31.4 Å². The number of methoxy groups -OCH3 is 1. The summed E-state index contributed by atoms with van der Waals surface area (Å²) in [6.45, 7) is 2.52. The van der Waals surface area contributed by atoms with Crippen LogP contribution in [0.15, 0.2) is 42.5 Å². The van der Waals surface area contributed by atoms with Crippen LogP contribution in [0.25, 0.3) is 0 Å². The van der Waals surface area contributed by atoms with Gasteiger partial charge in [0.25, 0.3) is 0 Å². The van der Waals surface area contributed by atoms with Crippen LogP contribution in [0.2, 0.25) is 0 Å². The molecule has 0 unspecified atom stereocenters. The Balaban J connectivity index is 1.96. The lowest BCUT2D eigenvalue weighted by atomic mass is 10.2. The minimum Gasteiger partial charge on any atom is -0.493 e. The molecule has 0 saturated carbocycles. The highest BCUT2D eigenvalue weighted by atomic mass is 16.5. The number of aryl methyl sites for hydroxylation is 1. The first-order chi connectivity index (χ1) is 10.6. The largest absolute Gasteiger partial charge is 0.493 e. The lowest BCUT2D eigenvalue weighted by Gasteiger charge is -2.13. The number of carbonyl (C=O) groups is 1. The van der Waals surface area contributed by atoms with Crippen LogP contribution >= 0.6 is 0 Å². The predicted molar refractivity (Wildman–Crippen MR) is 82.1 cm³/mol. The fourth-order valence-electron chi connectivity index (χ4n) is 1.93. The van der Waals surface area contributed by atoms with E-state index < -0.39 is 5.97 Å². The standard InChI is InChI=1S/C17H18O5/c1-12-6-8-13(9-7-12)21-10-11-22-16-14(17(18)19)4-3-5-15(16)20-2/h3-9H,10-11H2,1-2H3,(H,18,19). The molecule has 2 rings (SSSR count). The lowest BCUT2D eigenvalue weighted by Crippen LogP contribution is -2.12. The molecule has 5 nitrogen and oxygen atoms in total. The molecule has 0 aromatic heterocycles. The maximum atomic E-state index is 11.2. The molecule has 116 valence electrons. The van der Waals surface area contributed by atoms with Gasteiger partial charge in [-0.3, -0.25) is 0 Å². The van der Waals surface area contributed by atoms with Crippen molar-refractivity contribution < 1.29 is 24.1 Å². The Morgan fingerprint density at radius 3 is 2.36 bits per heavy atom. The second kappa shape index (κ2) is 7.36. The minimum absolute atomic E-state index is 0.0645. The van der Waals surface area contributed by atoms with Gasteiger partial charge >= 0.3 is 5.97 Å². The normalized spacial score (nSPS) is 10.1. The van der Waals surface area contributed by atoms with Gasteiger partial charge in [-0.15, -0.1) is 0 Å². The van der Waals surface area contributed by atoms with Crippen LogP contribution in [0.4, 0.5) is 0 Å². The van der Waals surface area contributed by atoms with Crippen molar-refractivity contribution in [2.45, 2.75) is 6.92 Å². The maximum absolute atomic E-state index is 11.2. The molecule has 2 aromatic rings. The van der Waals surface area contributed by atoms with Gasteiger partial charge in [-0.25, -0.2) is 4.79 Å². The van der Waals surface area contributed by atoms with Gasteiger partial charge in [0.05, 0.1) is 7.11 Å². The topological polar surface area (TPSA) is 65.0 Å². The highest BCUT2D eigenvalue weighted by Crippen LogP contribution is 2.31. The average Bonchev–Trinajstić information content (AvgIpc) is 2.53. The van der Waals surface area contributed by atoms with E-state index in [2.05, 4.69) is 0 Å². The summed E-state index contributed by atoms with van der Waals surface area (Å²) in [5, 5.41) is 9.18. The van der Waals surface area contributed by atoms with Gasteiger partial charge in [-0.05, 0) is 31.2 Å². The van der Waals surface area contributed by atoms with Crippen LogP contribution in [0.3, 0.4) is 0 Å². The Bertz CT molecular complexity index is 634. The smallest absolute Gasteiger partial charge is 0.339 e. The number of ether oxygens (including phenoxy) is 3. The number of para-hydroxylation sites is 1. The number of hydrogen-bond donors (Lipinski definition) is 1. The molecule has 0 saturated heterocycles. The third-order valence-corrected chi connectivity index (χ3v) is 3.05. The zero-order chi connectivity index (χ0) is 15.9. The van der Waals surface area contributed by atoms with Crippen molar-refractivity contribution in [3.8, 4) is 17.2 Å². The summed E-state index contributed by atoms with van der Waals surface area (Å²) in [7, 11) is 1.47. The van der Waals surface area contributed by atoms with Gasteiger partial charge in [0, 0.05) is 0 Å². The molecule has 0 amide bonds. The van der Waals surface area contributed by atoms with Gasteiger partial charge in [-0.1, -0.05) is 23.8 Å². The summed E-state index contributed by atoms with van der Waals surface area (Å²) in [6, 6.07) is 12.4. The maximum Gasteiger partial charge on any atom is 0.339 e. The molecule has 0 spiro atoms. The number of hydrogen-bond acceptors (Lipinski definition) is 4. The highest BCUT2D eigenvalue weighted by Gasteiger charge is 2.16. The van der Waals surface area contributed by atoms with Crippen molar-refractivity contribution in [2.75, 3.05) is 20.3 Å². The molecule has 22 heavy (non-hydrogen) atoms. The molecule has 0 heterocycles. The Kier molecular flexibility index (Phi) is 5.25. The van der Waals surface area contributed by atoms with Gasteiger partial charge < -0.3 is 19.3 Å². The molecule has 0 radical (unpaired) electrons. The van der Waals surface area contributed by atoms with E-state index in [1.807, 2.05) is 31.2 Å². The van der Waals surface area contributed by atoms with Crippen molar-refractivity contribution in [3.63, 3.8) is 0 Å². The Morgan fingerprint density at radius 1 is 1.05 bits per heavy atom. The average molecular weight is 302 g/mol. The highest BCUT2D eigenvalue weighted by molar-refractivity contribution is 5.92. The summed E-state index contributed by atoms with van der Waals surface area (Å²) in [6.07, 6.45) is 0. The van der Waals surface area contributed by atoms with Crippen molar-refractivity contribution in [3.05, 3.63) is 53.6 Å². The molecule has 5 heteroatoms. The number of carboxylic acid groups (broad SMARTS) is 1. The van der Waals surface area contributed by atoms with Crippen molar-refractivity contribution in [1.29, 1.82) is 0 Å². The third kappa shape index (κ3) is 3.91. The van der Waals surface area contributed by atoms with Crippen LogP contribution in [0.1, 0.15) is 15.9 Å². The summed E-state index contributed by atoms with van der Waals surface area (Å²) in [5.41, 5.74) is 1.22. The van der Waals surface area contributed by atoms with Crippen LogP contribution in [0, 0.1) is 6.92 Å². The van der Waals surface area contributed by atoms with E-state index >= 15 is 0 Å². The van der Waals surface area contributed by atoms with Crippen molar-refractivity contribution in [1.82, 2.24) is 0 Å². The van der Waals surface area contributed by atoms with E-state index in [1.54, 1.807) is 12.1 Å².